The average Bonchev–Trinajstić information content (AvgIpc) is 2.61. The molecule has 80 valence electrons. The Labute approximate surface area is 94.1 Å². The van der Waals surface area contributed by atoms with Crippen LogP contribution in [0.2, 0.25) is 0 Å². The molecule has 1 N–H and O–H groups in total. The molecule has 2 rings (SSSR count). The number of alkyl halides is 1. The molecule has 2 aromatic rings. The maximum Gasteiger partial charge on any atom is 0.0955 e. The Bertz CT molecular complexity index is 450. The predicted molar refractivity (Wildman–Crippen MR) is 64.5 cm³/mol. The minimum absolute atomic E-state index is 0.693. The minimum atomic E-state index is 0.693. The first-order valence-corrected chi connectivity index (χ1v) is 5.55. The molecule has 1 aromatic heterocycles. The predicted octanol–water partition coefficient (Wildman–Crippen LogP) is 2.61. The number of aromatic nitrogens is 2. The zero-order valence-corrected chi connectivity index (χ0v) is 9.46. The van der Waals surface area contributed by atoms with Crippen LogP contribution in [-0.4, -0.2) is 22.0 Å². The van der Waals surface area contributed by atoms with Gasteiger partial charge in [0.25, 0.3) is 0 Å². The summed E-state index contributed by atoms with van der Waals surface area (Å²) in [6.45, 7) is 0.905. The molecule has 0 amide bonds. The van der Waals surface area contributed by atoms with Gasteiger partial charge in [0.05, 0.1) is 17.4 Å². The molecular formula is C11H14ClN3. The first kappa shape index (κ1) is 10.3. The summed E-state index contributed by atoms with van der Waals surface area (Å²) in [5.74, 6) is 0.693. The number of nitrogens with zero attached hydrogens (tertiary/aromatic N) is 2. The van der Waals surface area contributed by atoms with Gasteiger partial charge in [0.1, 0.15) is 0 Å². The molecule has 0 atom stereocenters. The van der Waals surface area contributed by atoms with Crippen LogP contribution in [0, 0.1) is 0 Å². The van der Waals surface area contributed by atoms with Gasteiger partial charge >= 0.3 is 0 Å². The van der Waals surface area contributed by atoms with E-state index < -0.39 is 0 Å². The Morgan fingerprint density at radius 1 is 1.47 bits per heavy atom. The van der Waals surface area contributed by atoms with Gasteiger partial charge in [-0.3, -0.25) is 0 Å². The van der Waals surface area contributed by atoms with Crippen molar-refractivity contribution in [1.29, 1.82) is 0 Å². The van der Waals surface area contributed by atoms with Crippen LogP contribution in [0.1, 0.15) is 6.42 Å². The fourth-order valence-corrected chi connectivity index (χ4v) is 1.68. The molecule has 15 heavy (non-hydrogen) atoms. The number of anilines is 1. The number of fused-ring (bicyclic) bond motifs is 1. The Kier molecular flexibility index (Phi) is 3.11. The molecule has 0 aliphatic carbocycles. The summed E-state index contributed by atoms with van der Waals surface area (Å²) in [5, 5.41) is 3.31. The first-order chi connectivity index (χ1) is 7.31. The molecule has 0 radical (unpaired) electrons. The van der Waals surface area contributed by atoms with Gasteiger partial charge < -0.3 is 9.88 Å². The molecular weight excluding hydrogens is 210 g/mol. The van der Waals surface area contributed by atoms with Crippen molar-refractivity contribution in [2.24, 2.45) is 7.05 Å². The molecule has 0 aliphatic heterocycles. The van der Waals surface area contributed by atoms with E-state index in [0.717, 1.165) is 29.7 Å². The Hall–Kier alpha value is -1.22. The lowest BCUT2D eigenvalue weighted by molar-refractivity contribution is 0.947. The van der Waals surface area contributed by atoms with Gasteiger partial charge in [0.2, 0.25) is 0 Å². The van der Waals surface area contributed by atoms with Crippen LogP contribution in [0.3, 0.4) is 0 Å². The molecule has 0 bridgehead atoms. The van der Waals surface area contributed by atoms with E-state index >= 15 is 0 Å². The highest BCUT2D eigenvalue weighted by Crippen LogP contribution is 2.17. The summed E-state index contributed by atoms with van der Waals surface area (Å²) < 4.78 is 2.01. The molecule has 0 saturated carbocycles. The number of imidazole rings is 1. The van der Waals surface area contributed by atoms with Crippen LogP contribution in [-0.2, 0) is 7.05 Å². The summed E-state index contributed by atoms with van der Waals surface area (Å²) in [7, 11) is 2.00. The van der Waals surface area contributed by atoms with Crippen molar-refractivity contribution < 1.29 is 0 Å². The van der Waals surface area contributed by atoms with E-state index in [-0.39, 0.29) is 0 Å². The Morgan fingerprint density at radius 3 is 3.13 bits per heavy atom. The van der Waals surface area contributed by atoms with Crippen LogP contribution in [0.15, 0.2) is 24.5 Å². The third-order valence-electron chi connectivity index (χ3n) is 2.36. The largest absolute Gasteiger partial charge is 0.385 e. The van der Waals surface area contributed by atoms with Gasteiger partial charge in [-0.15, -0.1) is 11.6 Å². The summed E-state index contributed by atoms with van der Waals surface area (Å²) in [6, 6.07) is 6.20. The molecule has 0 unspecified atom stereocenters. The maximum atomic E-state index is 5.61. The summed E-state index contributed by atoms with van der Waals surface area (Å²) in [4.78, 5) is 4.30. The molecule has 1 aromatic carbocycles. The number of rotatable bonds is 4. The molecule has 0 spiro atoms. The van der Waals surface area contributed by atoms with Crippen molar-refractivity contribution in [3.63, 3.8) is 0 Å². The van der Waals surface area contributed by atoms with Crippen molar-refractivity contribution in [3.05, 3.63) is 24.5 Å². The van der Waals surface area contributed by atoms with Gasteiger partial charge in [-0.05, 0) is 24.6 Å². The lowest BCUT2D eigenvalue weighted by Crippen LogP contribution is -2.01. The van der Waals surface area contributed by atoms with E-state index in [1.54, 1.807) is 0 Å². The number of halogens is 1. The van der Waals surface area contributed by atoms with Crippen LogP contribution in [0.4, 0.5) is 5.69 Å². The number of aryl methyl sites for hydroxylation is 1. The van der Waals surface area contributed by atoms with Crippen molar-refractivity contribution in [1.82, 2.24) is 9.55 Å². The molecule has 0 saturated heterocycles. The molecule has 0 aliphatic rings. The topological polar surface area (TPSA) is 29.9 Å². The molecule has 4 heteroatoms. The number of nitrogens with one attached hydrogen (secondary N) is 1. The van der Waals surface area contributed by atoms with E-state index in [0.29, 0.717) is 5.88 Å². The normalized spacial score (nSPS) is 10.8. The third kappa shape index (κ3) is 2.23. The van der Waals surface area contributed by atoms with E-state index in [1.165, 1.54) is 0 Å². The maximum absolute atomic E-state index is 5.61. The average molecular weight is 224 g/mol. The highest BCUT2D eigenvalue weighted by atomic mass is 35.5. The highest BCUT2D eigenvalue weighted by molar-refractivity contribution is 6.17. The lowest BCUT2D eigenvalue weighted by Gasteiger charge is -2.04. The number of hydrogen-bond donors (Lipinski definition) is 1. The lowest BCUT2D eigenvalue weighted by atomic mass is 10.2. The smallest absolute Gasteiger partial charge is 0.0955 e. The van der Waals surface area contributed by atoms with Crippen molar-refractivity contribution >= 4 is 28.3 Å². The van der Waals surface area contributed by atoms with Gasteiger partial charge in [-0.1, -0.05) is 0 Å². The monoisotopic (exact) mass is 223 g/mol. The quantitative estimate of drug-likeness (QED) is 0.638. The summed E-state index contributed by atoms with van der Waals surface area (Å²) in [5.41, 5.74) is 3.28. The van der Waals surface area contributed by atoms with E-state index in [9.17, 15) is 0 Å². The molecule has 0 fully saturated rings. The van der Waals surface area contributed by atoms with Crippen molar-refractivity contribution in [2.45, 2.75) is 6.42 Å². The zero-order valence-electron chi connectivity index (χ0n) is 8.70. The second kappa shape index (κ2) is 4.53. The van der Waals surface area contributed by atoms with Gasteiger partial charge in [-0.2, -0.15) is 0 Å². The third-order valence-corrected chi connectivity index (χ3v) is 2.63. The Balaban J connectivity index is 2.16. The van der Waals surface area contributed by atoms with Crippen molar-refractivity contribution in [3.8, 4) is 0 Å². The highest BCUT2D eigenvalue weighted by Gasteiger charge is 2.00. The standard InChI is InChI=1S/C11H14ClN3/c1-15-8-14-10-7-9(3-4-11(10)15)13-6-2-5-12/h3-4,7-8,13H,2,5-6H2,1H3. The number of hydrogen-bond acceptors (Lipinski definition) is 2. The van der Waals surface area contributed by atoms with Crippen molar-refractivity contribution in [2.75, 3.05) is 17.7 Å². The minimum Gasteiger partial charge on any atom is -0.385 e. The van der Waals surface area contributed by atoms with Crippen LogP contribution >= 0.6 is 11.6 Å². The molecule has 3 nitrogen and oxygen atoms in total. The van der Waals surface area contributed by atoms with E-state index in [1.807, 2.05) is 17.9 Å². The van der Waals surface area contributed by atoms with Crippen LogP contribution < -0.4 is 5.32 Å². The van der Waals surface area contributed by atoms with Gasteiger partial charge in [0, 0.05) is 25.2 Å². The van der Waals surface area contributed by atoms with Gasteiger partial charge in [-0.25, -0.2) is 4.98 Å². The fraction of sp³-hybridized carbons (Fsp3) is 0.364. The van der Waals surface area contributed by atoms with Crippen LogP contribution in [0.25, 0.3) is 11.0 Å². The Morgan fingerprint density at radius 2 is 2.33 bits per heavy atom. The first-order valence-electron chi connectivity index (χ1n) is 5.02. The zero-order chi connectivity index (χ0) is 10.7. The van der Waals surface area contributed by atoms with E-state index in [2.05, 4.69) is 28.5 Å². The van der Waals surface area contributed by atoms with Crippen LogP contribution in [0.5, 0.6) is 0 Å². The fourth-order valence-electron chi connectivity index (χ4n) is 1.55. The van der Waals surface area contributed by atoms with E-state index in [4.69, 9.17) is 11.6 Å². The number of benzene rings is 1. The second-order valence-corrected chi connectivity index (χ2v) is 3.91. The molecule has 1 heterocycles. The van der Waals surface area contributed by atoms with Gasteiger partial charge in [0.15, 0.2) is 0 Å². The SMILES string of the molecule is Cn1cnc2cc(NCCCCl)ccc21. The summed E-state index contributed by atoms with van der Waals surface area (Å²) >= 11 is 5.61. The second-order valence-electron chi connectivity index (χ2n) is 3.53. The summed E-state index contributed by atoms with van der Waals surface area (Å²) in [6.07, 6.45) is 2.80.